The average Bonchev–Trinajstić information content (AvgIpc) is 3.45. The summed E-state index contributed by atoms with van der Waals surface area (Å²) in [6.45, 7) is 0.781. The lowest BCUT2D eigenvalue weighted by Gasteiger charge is -2.14. The molecule has 1 aliphatic heterocycles. The summed E-state index contributed by atoms with van der Waals surface area (Å²) in [7, 11) is 0. The zero-order valence-electron chi connectivity index (χ0n) is 15.3. The van der Waals surface area contributed by atoms with Gasteiger partial charge in [-0.2, -0.15) is 0 Å². The molecule has 1 aromatic carbocycles. The largest absolute Gasteiger partial charge is 0.467 e. The van der Waals surface area contributed by atoms with Crippen LogP contribution in [0.1, 0.15) is 12.2 Å². The fourth-order valence-corrected chi connectivity index (χ4v) is 4.26. The lowest BCUT2D eigenvalue weighted by molar-refractivity contribution is -0.128. The van der Waals surface area contributed by atoms with Gasteiger partial charge in [-0.3, -0.25) is 9.59 Å². The number of aromatic nitrogens is 1. The molecular weight excluding hydrogens is 394 g/mol. The number of furan rings is 1. The van der Waals surface area contributed by atoms with Crippen molar-refractivity contribution >= 4 is 40.0 Å². The lowest BCUT2D eigenvalue weighted by atomic mass is 10.1. The summed E-state index contributed by atoms with van der Waals surface area (Å²) in [5, 5.41) is 5.33. The van der Waals surface area contributed by atoms with Gasteiger partial charge >= 0.3 is 0 Å². The van der Waals surface area contributed by atoms with Gasteiger partial charge in [0.1, 0.15) is 5.76 Å². The van der Waals surface area contributed by atoms with Crippen LogP contribution in [-0.4, -0.2) is 34.5 Å². The molecule has 1 aliphatic rings. The molecule has 1 saturated heterocycles. The molecule has 3 heterocycles. The predicted octanol–water partition coefficient (Wildman–Crippen LogP) is 4.11. The zero-order chi connectivity index (χ0) is 19.5. The van der Waals surface area contributed by atoms with Gasteiger partial charge in [0.2, 0.25) is 11.8 Å². The van der Waals surface area contributed by atoms with Gasteiger partial charge in [-0.05, 0) is 30.5 Å². The van der Waals surface area contributed by atoms with Crippen molar-refractivity contribution in [3.63, 3.8) is 0 Å². The third-order valence-corrected chi connectivity index (χ3v) is 6.13. The number of nitrogens with zero attached hydrogens (tertiary/aromatic N) is 2. The van der Waals surface area contributed by atoms with Gasteiger partial charge in [0.15, 0.2) is 5.13 Å². The van der Waals surface area contributed by atoms with Gasteiger partial charge in [-0.15, -0.1) is 23.1 Å². The van der Waals surface area contributed by atoms with Crippen LogP contribution in [0.4, 0.5) is 5.13 Å². The van der Waals surface area contributed by atoms with Crippen LogP contribution in [0.3, 0.4) is 0 Å². The van der Waals surface area contributed by atoms with Gasteiger partial charge in [0.25, 0.3) is 0 Å². The van der Waals surface area contributed by atoms with E-state index in [2.05, 4.69) is 22.4 Å². The number of amides is 2. The Labute approximate surface area is 171 Å². The van der Waals surface area contributed by atoms with Gasteiger partial charge in [0, 0.05) is 28.8 Å². The van der Waals surface area contributed by atoms with Gasteiger partial charge in [0.05, 0.1) is 24.4 Å². The maximum atomic E-state index is 12.6. The van der Waals surface area contributed by atoms with Crippen molar-refractivity contribution in [3.8, 4) is 11.3 Å². The normalized spacial score (nSPS) is 16.5. The van der Waals surface area contributed by atoms with Crippen LogP contribution >= 0.6 is 23.1 Å². The molecule has 1 N–H and O–H groups in total. The van der Waals surface area contributed by atoms with Gasteiger partial charge < -0.3 is 14.6 Å². The van der Waals surface area contributed by atoms with Crippen molar-refractivity contribution in [3.05, 3.63) is 53.8 Å². The number of hydrogen-bond donors (Lipinski definition) is 1. The Morgan fingerprint density at radius 3 is 2.89 bits per heavy atom. The first kappa shape index (κ1) is 18.8. The second kappa shape index (κ2) is 8.20. The number of carbonyl (C=O) groups excluding carboxylic acids is 2. The summed E-state index contributed by atoms with van der Waals surface area (Å²) in [6, 6.07) is 11.8. The van der Waals surface area contributed by atoms with E-state index >= 15 is 0 Å². The first-order valence-electron chi connectivity index (χ1n) is 8.83. The smallest absolute Gasteiger partial charge is 0.231 e. The molecule has 0 bridgehead atoms. The van der Waals surface area contributed by atoms with E-state index in [0.29, 0.717) is 24.0 Å². The highest BCUT2D eigenvalue weighted by molar-refractivity contribution is 7.98. The summed E-state index contributed by atoms with van der Waals surface area (Å²) < 4.78 is 5.29. The number of thioether (sulfide) groups is 1. The number of anilines is 1. The second-order valence-corrected chi connectivity index (χ2v) is 8.25. The number of likely N-dealkylation sites (tertiary alicyclic amines) is 1. The quantitative estimate of drug-likeness (QED) is 0.616. The summed E-state index contributed by atoms with van der Waals surface area (Å²) in [5.74, 6) is 0.126. The second-order valence-electron chi connectivity index (χ2n) is 6.51. The molecule has 0 aliphatic carbocycles. The molecule has 2 aromatic heterocycles. The summed E-state index contributed by atoms with van der Waals surface area (Å²) in [4.78, 5) is 32.1. The molecule has 28 heavy (non-hydrogen) atoms. The number of nitrogens with one attached hydrogen (secondary N) is 1. The van der Waals surface area contributed by atoms with E-state index in [4.69, 9.17) is 4.42 Å². The average molecular weight is 414 g/mol. The third kappa shape index (κ3) is 4.13. The topological polar surface area (TPSA) is 75.4 Å². The Hall–Kier alpha value is -2.58. The van der Waals surface area contributed by atoms with Crippen molar-refractivity contribution in [1.29, 1.82) is 0 Å². The molecule has 8 heteroatoms. The van der Waals surface area contributed by atoms with Gasteiger partial charge in [-0.25, -0.2) is 4.98 Å². The van der Waals surface area contributed by atoms with E-state index in [1.165, 1.54) is 16.2 Å². The fraction of sp³-hybridized carbons (Fsp3) is 0.250. The molecule has 0 spiro atoms. The van der Waals surface area contributed by atoms with Crippen LogP contribution in [0.2, 0.25) is 0 Å². The minimum absolute atomic E-state index is 0.0368. The molecule has 4 rings (SSSR count). The first-order chi connectivity index (χ1) is 13.6. The van der Waals surface area contributed by atoms with Crippen LogP contribution in [0, 0.1) is 5.92 Å². The monoisotopic (exact) mass is 413 g/mol. The predicted molar refractivity (Wildman–Crippen MR) is 110 cm³/mol. The highest BCUT2D eigenvalue weighted by atomic mass is 32.2. The van der Waals surface area contributed by atoms with Crippen molar-refractivity contribution in [2.75, 3.05) is 18.1 Å². The number of rotatable bonds is 6. The highest BCUT2D eigenvalue weighted by Crippen LogP contribution is 2.28. The van der Waals surface area contributed by atoms with Crippen LogP contribution < -0.4 is 5.32 Å². The molecule has 1 fully saturated rings. The van der Waals surface area contributed by atoms with E-state index in [1.54, 1.807) is 29.0 Å². The molecule has 6 nitrogen and oxygen atoms in total. The van der Waals surface area contributed by atoms with Crippen molar-refractivity contribution in [1.82, 2.24) is 9.88 Å². The molecular formula is C20H19N3O3S2. The van der Waals surface area contributed by atoms with E-state index in [9.17, 15) is 9.59 Å². The van der Waals surface area contributed by atoms with Crippen LogP contribution in [-0.2, 0) is 16.1 Å². The van der Waals surface area contributed by atoms with E-state index < -0.39 is 0 Å². The molecule has 0 saturated carbocycles. The van der Waals surface area contributed by atoms with Crippen LogP contribution in [0.15, 0.2) is 57.4 Å². The van der Waals surface area contributed by atoms with E-state index in [-0.39, 0.29) is 24.2 Å². The Morgan fingerprint density at radius 1 is 1.36 bits per heavy atom. The molecule has 1 unspecified atom stereocenters. The SMILES string of the molecule is CSc1ccc(-c2csc(NC(=O)C3CC(=O)N(Cc4ccco4)C3)n2)cc1. The molecule has 2 amide bonds. The number of carbonyl (C=O) groups is 2. The number of benzene rings is 1. The summed E-state index contributed by atoms with van der Waals surface area (Å²) >= 11 is 3.07. The summed E-state index contributed by atoms with van der Waals surface area (Å²) in [6.07, 6.45) is 3.82. The number of thiazole rings is 1. The van der Waals surface area contributed by atoms with Crippen molar-refractivity contribution < 1.29 is 14.0 Å². The maximum absolute atomic E-state index is 12.6. The Bertz CT molecular complexity index is 967. The van der Waals surface area contributed by atoms with Crippen molar-refractivity contribution in [2.45, 2.75) is 17.9 Å². The Kier molecular flexibility index (Phi) is 5.50. The molecule has 144 valence electrons. The minimum Gasteiger partial charge on any atom is -0.467 e. The minimum atomic E-state index is -0.379. The Balaban J connectivity index is 1.37. The Morgan fingerprint density at radius 2 is 2.18 bits per heavy atom. The fourth-order valence-electron chi connectivity index (χ4n) is 3.12. The highest BCUT2D eigenvalue weighted by Gasteiger charge is 2.35. The van der Waals surface area contributed by atoms with E-state index in [0.717, 1.165) is 11.3 Å². The summed E-state index contributed by atoms with van der Waals surface area (Å²) in [5.41, 5.74) is 1.84. The molecule has 0 radical (unpaired) electrons. The van der Waals surface area contributed by atoms with Gasteiger partial charge in [-0.1, -0.05) is 12.1 Å². The maximum Gasteiger partial charge on any atom is 0.231 e. The zero-order valence-corrected chi connectivity index (χ0v) is 16.9. The standard InChI is InChI=1S/C20H19N3O3S2/c1-27-16-6-4-13(5-7-16)17-12-28-20(21-17)22-19(25)14-9-18(24)23(10-14)11-15-3-2-8-26-15/h2-8,12,14H,9-11H2,1H3,(H,21,22,25). The third-order valence-electron chi connectivity index (χ3n) is 4.63. The first-order valence-corrected chi connectivity index (χ1v) is 10.9. The van der Waals surface area contributed by atoms with Crippen LogP contribution in [0.25, 0.3) is 11.3 Å². The van der Waals surface area contributed by atoms with Crippen LogP contribution in [0.5, 0.6) is 0 Å². The lowest BCUT2D eigenvalue weighted by Crippen LogP contribution is -2.27. The number of hydrogen-bond acceptors (Lipinski definition) is 6. The van der Waals surface area contributed by atoms with Crippen molar-refractivity contribution in [2.24, 2.45) is 5.92 Å². The molecule has 3 aromatic rings. The van der Waals surface area contributed by atoms with E-state index in [1.807, 2.05) is 29.8 Å². The molecule has 1 atom stereocenters.